The van der Waals surface area contributed by atoms with Crippen LogP contribution < -0.4 is 10.0 Å². The third-order valence-corrected chi connectivity index (χ3v) is 5.16. The van der Waals surface area contributed by atoms with E-state index in [2.05, 4.69) is 10.0 Å². The quantitative estimate of drug-likeness (QED) is 0.731. The van der Waals surface area contributed by atoms with Crippen LogP contribution in [0.15, 0.2) is 47.1 Å². The molecule has 1 unspecified atom stereocenters. The standard InChI is InChI=1S/C19H24N4O5S/c1-14(20-15-5-7-16(8-6-15)21-29(2,26)27)18(24)22-9-11-23(12-10-22)19(25)17-4-3-13-28-17/h3-8,13-14,20-21H,9-12H2,1-2H3. The highest BCUT2D eigenvalue weighted by molar-refractivity contribution is 7.92. The van der Waals surface area contributed by atoms with Crippen molar-refractivity contribution >= 4 is 33.2 Å². The predicted octanol–water partition coefficient (Wildman–Crippen LogP) is 1.44. The van der Waals surface area contributed by atoms with Gasteiger partial charge >= 0.3 is 0 Å². The first-order valence-electron chi connectivity index (χ1n) is 9.19. The van der Waals surface area contributed by atoms with Gasteiger partial charge in [0, 0.05) is 37.6 Å². The minimum Gasteiger partial charge on any atom is -0.459 e. The minimum atomic E-state index is -3.33. The second-order valence-electron chi connectivity index (χ2n) is 6.91. The maximum Gasteiger partial charge on any atom is 0.289 e. The smallest absolute Gasteiger partial charge is 0.289 e. The molecule has 1 aromatic heterocycles. The predicted molar refractivity (Wildman–Crippen MR) is 109 cm³/mol. The van der Waals surface area contributed by atoms with Crippen molar-refractivity contribution < 1.29 is 22.4 Å². The molecule has 0 spiro atoms. The zero-order valence-corrected chi connectivity index (χ0v) is 17.1. The van der Waals surface area contributed by atoms with Crippen LogP contribution in [0, 0.1) is 0 Å². The number of nitrogens with one attached hydrogen (secondary N) is 2. The van der Waals surface area contributed by atoms with E-state index in [1.54, 1.807) is 53.1 Å². The Labute approximate surface area is 169 Å². The van der Waals surface area contributed by atoms with Gasteiger partial charge in [0.25, 0.3) is 5.91 Å². The number of anilines is 2. The normalized spacial score (nSPS) is 15.7. The first-order valence-corrected chi connectivity index (χ1v) is 11.1. The topological polar surface area (TPSA) is 112 Å². The van der Waals surface area contributed by atoms with E-state index >= 15 is 0 Å². The number of carbonyl (C=O) groups excluding carboxylic acids is 2. The number of furan rings is 1. The van der Waals surface area contributed by atoms with Crippen LogP contribution in [0.2, 0.25) is 0 Å². The minimum absolute atomic E-state index is 0.0616. The number of rotatable bonds is 6. The van der Waals surface area contributed by atoms with Gasteiger partial charge in [-0.05, 0) is 43.3 Å². The zero-order valence-electron chi connectivity index (χ0n) is 16.3. The van der Waals surface area contributed by atoms with E-state index in [-0.39, 0.29) is 11.8 Å². The molecule has 0 aliphatic carbocycles. The number of amides is 2. The summed E-state index contributed by atoms with van der Waals surface area (Å²) in [5.74, 6) is 0.0677. The third kappa shape index (κ3) is 5.50. The van der Waals surface area contributed by atoms with Crippen molar-refractivity contribution in [2.45, 2.75) is 13.0 Å². The summed E-state index contributed by atoms with van der Waals surface area (Å²) in [7, 11) is -3.33. The third-order valence-electron chi connectivity index (χ3n) is 4.55. The highest BCUT2D eigenvalue weighted by atomic mass is 32.2. The molecule has 2 amide bonds. The van der Waals surface area contributed by atoms with Crippen molar-refractivity contribution in [2.75, 3.05) is 42.5 Å². The molecule has 1 fully saturated rings. The molecule has 0 radical (unpaired) electrons. The van der Waals surface area contributed by atoms with Crippen LogP contribution >= 0.6 is 0 Å². The van der Waals surface area contributed by atoms with E-state index in [4.69, 9.17) is 4.42 Å². The summed E-state index contributed by atoms with van der Waals surface area (Å²) in [5, 5.41) is 3.12. The van der Waals surface area contributed by atoms with Gasteiger partial charge in [-0.3, -0.25) is 14.3 Å². The van der Waals surface area contributed by atoms with Gasteiger partial charge in [0.1, 0.15) is 6.04 Å². The fourth-order valence-electron chi connectivity index (χ4n) is 3.12. The molecule has 1 aliphatic rings. The molecule has 3 rings (SSSR count). The fourth-order valence-corrected chi connectivity index (χ4v) is 3.68. The highest BCUT2D eigenvalue weighted by Gasteiger charge is 2.28. The van der Waals surface area contributed by atoms with Gasteiger partial charge in [-0.15, -0.1) is 0 Å². The van der Waals surface area contributed by atoms with E-state index in [9.17, 15) is 18.0 Å². The van der Waals surface area contributed by atoms with Gasteiger partial charge in [-0.2, -0.15) is 0 Å². The van der Waals surface area contributed by atoms with E-state index in [1.807, 2.05) is 0 Å². The van der Waals surface area contributed by atoms with Gasteiger partial charge in [0.05, 0.1) is 12.5 Å². The number of nitrogens with zero attached hydrogens (tertiary/aromatic N) is 2. The lowest BCUT2D eigenvalue weighted by molar-refractivity contribution is -0.133. The van der Waals surface area contributed by atoms with Crippen LogP contribution in [0.5, 0.6) is 0 Å². The van der Waals surface area contributed by atoms with Gasteiger partial charge < -0.3 is 19.5 Å². The monoisotopic (exact) mass is 420 g/mol. The van der Waals surface area contributed by atoms with Crippen LogP contribution in [0.4, 0.5) is 11.4 Å². The second-order valence-corrected chi connectivity index (χ2v) is 8.66. The lowest BCUT2D eigenvalue weighted by atomic mass is 10.2. The summed E-state index contributed by atoms with van der Waals surface area (Å²) in [6.45, 7) is 3.57. The number of sulfonamides is 1. The molecule has 9 nitrogen and oxygen atoms in total. The first kappa shape index (κ1) is 20.7. The highest BCUT2D eigenvalue weighted by Crippen LogP contribution is 2.16. The summed E-state index contributed by atoms with van der Waals surface area (Å²) in [6.07, 6.45) is 2.55. The van der Waals surface area contributed by atoms with Crippen molar-refractivity contribution in [3.8, 4) is 0 Å². The molecular formula is C19H24N4O5S. The lowest BCUT2D eigenvalue weighted by Gasteiger charge is -2.35. The Hall–Kier alpha value is -3.01. The Bertz CT molecular complexity index is 949. The molecule has 2 aromatic rings. The zero-order chi connectivity index (χ0) is 21.0. The number of hydrogen-bond acceptors (Lipinski definition) is 6. The maximum atomic E-state index is 12.7. The summed E-state index contributed by atoms with van der Waals surface area (Å²) in [5.41, 5.74) is 1.16. The summed E-state index contributed by atoms with van der Waals surface area (Å²) >= 11 is 0. The molecule has 0 bridgehead atoms. The number of hydrogen-bond donors (Lipinski definition) is 2. The summed E-state index contributed by atoms with van der Waals surface area (Å²) < 4.78 is 30.0. The average molecular weight is 420 g/mol. The van der Waals surface area contributed by atoms with E-state index < -0.39 is 16.1 Å². The van der Waals surface area contributed by atoms with E-state index in [1.165, 1.54) is 6.26 Å². The molecule has 2 N–H and O–H groups in total. The molecule has 2 heterocycles. The average Bonchev–Trinajstić information content (AvgIpc) is 3.22. The second kappa shape index (κ2) is 8.56. The number of piperazine rings is 1. The number of carbonyl (C=O) groups is 2. The first-order chi connectivity index (χ1) is 13.7. The van der Waals surface area contributed by atoms with Crippen molar-refractivity contribution in [2.24, 2.45) is 0 Å². The fraction of sp³-hybridized carbons (Fsp3) is 0.368. The molecular weight excluding hydrogens is 396 g/mol. The van der Waals surface area contributed by atoms with Crippen LogP contribution in [0.3, 0.4) is 0 Å². The Morgan fingerprint density at radius 2 is 1.59 bits per heavy atom. The Morgan fingerprint density at radius 1 is 1.00 bits per heavy atom. The van der Waals surface area contributed by atoms with Gasteiger partial charge in [0.2, 0.25) is 15.9 Å². The summed E-state index contributed by atoms with van der Waals surface area (Å²) in [4.78, 5) is 28.4. The van der Waals surface area contributed by atoms with E-state index in [0.717, 1.165) is 6.26 Å². The van der Waals surface area contributed by atoms with Gasteiger partial charge in [-0.25, -0.2) is 8.42 Å². The Kier molecular flexibility index (Phi) is 6.12. The van der Waals surface area contributed by atoms with Crippen molar-refractivity contribution in [1.29, 1.82) is 0 Å². The number of benzene rings is 1. The van der Waals surface area contributed by atoms with Crippen molar-refractivity contribution in [1.82, 2.24) is 9.80 Å². The van der Waals surface area contributed by atoms with Crippen LogP contribution in [-0.2, 0) is 14.8 Å². The largest absolute Gasteiger partial charge is 0.459 e. The molecule has 10 heteroatoms. The van der Waals surface area contributed by atoms with Gasteiger partial charge in [-0.1, -0.05) is 0 Å². The van der Waals surface area contributed by atoms with Crippen LogP contribution in [0.1, 0.15) is 17.5 Å². The van der Waals surface area contributed by atoms with Gasteiger partial charge in [0.15, 0.2) is 5.76 Å². The molecule has 1 aliphatic heterocycles. The van der Waals surface area contributed by atoms with Crippen LogP contribution in [0.25, 0.3) is 0 Å². The molecule has 0 saturated carbocycles. The Balaban J connectivity index is 1.51. The molecule has 1 aromatic carbocycles. The molecule has 1 atom stereocenters. The maximum absolute atomic E-state index is 12.7. The molecule has 156 valence electrons. The van der Waals surface area contributed by atoms with Crippen LogP contribution in [-0.4, -0.2) is 68.5 Å². The lowest BCUT2D eigenvalue weighted by Crippen LogP contribution is -2.53. The van der Waals surface area contributed by atoms with Crippen molar-refractivity contribution in [3.05, 3.63) is 48.4 Å². The van der Waals surface area contributed by atoms with Crippen molar-refractivity contribution in [3.63, 3.8) is 0 Å². The molecule has 1 saturated heterocycles. The Morgan fingerprint density at radius 3 is 2.14 bits per heavy atom. The SMILES string of the molecule is CC(Nc1ccc(NS(C)(=O)=O)cc1)C(=O)N1CCN(C(=O)c2ccco2)CC1. The summed E-state index contributed by atoms with van der Waals surface area (Å²) in [6, 6.07) is 9.50. The molecule has 29 heavy (non-hydrogen) atoms. The van der Waals surface area contributed by atoms with E-state index in [0.29, 0.717) is 43.3 Å².